The maximum atomic E-state index is 12.1. The van der Waals surface area contributed by atoms with Crippen LogP contribution in [0.25, 0.3) is 0 Å². The molecule has 1 aromatic carbocycles. The number of benzene rings is 1. The molecule has 1 aromatic heterocycles. The van der Waals surface area contributed by atoms with Crippen LogP contribution in [0, 0.1) is 11.3 Å². The van der Waals surface area contributed by atoms with Gasteiger partial charge >= 0.3 is 0 Å². The van der Waals surface area contributed by atoms with Crippen LogP contribution in [0.5, 0.6) is 0 Å². The Morgan fingerprint density at radius 2 is 1.90 bits per heavy atom. The van der Waals surface area contributed by atoms with Crippen molar-refractivity contribution in [3.63, 3.8) is 0 Å². The molecule has 0 aliphatic rings. The minimum Gasteiger partial charge on any atom is -0.261 e. The van der Waals surface area contributed by atoms with E-state index in [2.05, 4.69) is 9.71 Å². The van der Waals surface area contributed by atoms with Gasteiger partial charge in [-0.2, -0.15) is 5.26 Å². The molecule has 2 aromatic rings. The number of pyridine rings is 1. The van der Waals surface area contributed by atoms with Gasteiger partial charge in [0.1, 0.15) is 6.07 Å². The Bertz CT molecular complexity index is 722. The molecule has 6 heteroatoms. The summed E-state index contributed by atoms with van der Waals surface area (Å²) in [5, 5.41) is 8.93. The van der Waals surface area contributed by atoms with Gasteiger partial charge in [-0.3, -0.25) is 4.98 Å². The van der Waals surface area contributed by atoms with Crippen molar-refractivity contribution in [2.75, 3.05) is 6.54 Å². The van der Waals surface area contributed by atoms with Gasteiger partial charge in [-0.05, 0) is 24.3 Å². The molecule has 0 radical (unpaired) electrons. The van der Waals surface area contributed by atoms with Gasteiger partial charge in [0, 0.05) is 24.9 Å². The molecular formula is C14H13N3O2S. The smallest absolute Gasteiger partial charge is 0.241 e. The van der Waals surface area contributed by atoms with E-state index in [1.54, 1.807) is 24.4 Å². The molecule has 0 aliphatic carbocycles. The summed E-state index contributed by atoms with van der Waals surface area (Å²) in [5.74, 6) is 0. The van der Waals surface area contributed by atoms with E-state index in [1.807, 2.05) is 18.2 Å². The summed E-state index contributed by atoms with van der Waals surface area (Å²) in [6, 6.07) is 13.5. The first-order chi connectivity index (χ1) is 9.63. The normalized spacial score (nSPS) is 10.9. The Morgan fingerprint density at radius 1 is 1.15 bits per heavy atom. The van der Waals surface area contributed by atoms with Crippen molar-refractivity contribution < 1.29 is 8.42 Å². The number of hydrogen-bond donors (Lipinski definition) is 1. The lowest BCUT2D eigenvalue weighted by Crippen LogP contribution is -2.26. The number of sulfonamides is 1. The van der Waals surface area contributed by atoms with E-state index in [-0.39, 0.29) is 17.0 Å². The van der Waals surface area contributed by atoms with Crippen molar-refractivity contribution in [3.8, 4) is 6.07 Å². The lowest BCUT2D eigenvalue weighted by Gasteiger charge is -2.07. The average molecular weight is 287 g/mol. The van der Waals surface area contributed by atoms with Gasteiger partial charge < -0.3 is 0 Å². The van der Waals surface area contributed by atoms with Crippen LogP contribution in [-0.4, -0.2) is 19.9 Å². The minimum atomic E-state index is -3.67. The molecule has 20 heavy (non-hydrogen) atoms. The van der Waals surface area contributed by atoms with Gasteiger partial charge in [0.25, 0.3) is 0 Å². The summed E-state index contributed by atoms with van der Waals surface area (Å²) < 4.78 is 26.7. The van der Waals surface area contributed by atoms with Crippen molar-refractivity contribution >= 4 is 10.0 Å². The second kappa shape index (κ2) is 6.28. The lowest BCUT2D eigenvalue weighted by molar-refractivity contribution is 0.581. The van der Waals surface area contributed by atoms with Crippen LogP contribution in [-0.2, 0) is 16.4 Å². The third kappa shape index (κ3) is 3.41. The molecule has 0 aliphatic heterocycles. The maximum Gasteiger partial charge on any atom is 0.241 e. The number of nitriles is 1. The van der Waals surface area contributed by atoms with Crippen LogP contribution in [0.15, 0.2) is 53.6 Å². The third-order valence-corrected chi connectivity index (χ3v) is 4.22. The number of hydrogen-bond acceptors (Lipinski definition) is 4. The molecule has 2 rings (SSSR count). The largest absolute Gasteiger partial charge is 0.261 e. The molecule has 0 amide bonds. The minimum absolute atomic E-state index is 0.00326. The summed E-state index contributed by atoms with van der Waals surface area (Å²) in [6.07, 6.45) is 2.16. The third-order valence-electron chi connectivity index (χ3n) is 2.70. The van der Waals surface area contributed by atoms with Crippen LogP contribution in [0.1, 0.15) is 11.3 Å². The van der Waals surface area contributed by atoms with E-state index in [0.717, 1.165) is 5.69 Å². The first kappa shape index (κ1) is 14.2. The first-order valence-electron chi connectivity index (χ1n) is 6.02. The van der Waals surface area contributed by atoms with Crippen molar-refractivity contribution in [2.24, 2.45) is 0 Å². The van der Waals surface area contributed by atoms with Crippen LogP contribution >= 0.6 is 0 Å². The zero-order valence-corrected chi connectivity index (χ0v) is 11.5. The van der Waals surface area contributed by atoms with E-state index in [0.29, 0.717) is 6.42 Å². The molecule has 0 saturated carbocycles. The molecule has 0 spiro atoms. The quantitative estimate of drug-likeness (QED) is 0.902. The van der Waals surface area contributed by atoms with Crippen LogP contribution in [0.3, 0.4) is 0 Å². The summed E-state index contributed by atoms with van der Waals surface area (Å²) >= 11 is 0. The van der Waals surface area contributed by atoms with Gasteiger partial charge in [0.05, 0.1) is 10.5 Å². The second-order valence-electron chi connectivity index (χ2n) is 4.08. The molecule has 0 atom stereocenters. The molecule has 0 fully saturated rings. The van der Waals surface area contributed by atoms with Crippen molar-refractivity contribution in [2.45, 2.75) is 11.3 Å². The molecule has 0 unspecified atom stereocenters. The van der Waals surface area contributed by atoms with Crippen molar-refractivity contribution in [3.05, 3.63) is 59.9 Å². The lowest BCUT2D eigenvalue weighted by atomic mass is 10.2. The van der Waals surface area contributed by atoms with E-state index >= 15 is 0 Å². The zero-order valence-electron chi connectivity index (χ0n) is 10.7. The maximum absolute atomic E-state index is 12.1. The number of aromatic nitrogens is 1. The molecule has 5 nitrogen and oxygen atoms in total. The highest BCUT2D eigenvalue weighted by atomic mass is 32.2. The summed E-state index contributed by atoms with van der Waals surface area (Å²) in [6.45, 7) is 0.235. The number of nitrogens with zero attached hydrogens (tertiary/aromatic N) is 2. The Morgan fingerprint density at radius 3 is 2.60 bits per heavy atom. The van der Waals surface area contributed by atoms with Crippen LogP contribution in [0.4, 0.5) is 0 Å². The predicted octanol–water partition coefficient (Wildman–Crippen LogP) is 1.47. The Labute approximate surface area is 118 Å². The fourth-order valence-electron chi connectivity index (χ4n) is 1.73. The Hall–Kier alpha value is -2.23. The molecule has 1 heterocycles. The van der Waals surface area contributed by atoms with Gasteiger partial charge in [-0.15, -0.1) is 0 Å². The highest BCUT2D eigenvalue weighted by Gasteiger charge is 2.17. The predicted molar refractivity (Wildman–Crippen MR) is 74.3 cm³/mol. The van der Waals surface area contributed by atoms with Gasteiger partial charge in [0.15, 0.2) is 0 Å². The molecule has 1 N–H and O–H groups in total. The van der Waals surface area contributed by atoms with E-state index in [1.165, 1.54) is 12.1 Å². The molecule has 0 saturated heterocycles. The van der Waals surface area contributed by atoms with E-state index in [4.69, 9.17) is 5.26 Å². The highest BCUT2D eigenvalue weighted by molar-refractivity contribution is 7.89. The topological polar surface area (TPSA) is 82.8 Å². The van der Waals surface area contributed by atoms with Gasteiger partial charge in [-0.25, -0.2) is 13.1 Å². The monoisotopic (exact) mass is 287 g/mol. The van der Waals surface area contributed by atoms with Crippen molar-refractivity contribution in [1.82, 2.24) is 9.71 Å². The zero-order chi connectivity index (χ0) is 14.4. The summed E-state index contributed by atoms with van der Waals surface area (Å²) in [4.78, 5) is 4.12. The van der Waals surface area contributed by atoms with E-state index < -0.39 is 10.0 Å². The summed E-state index contributed by atoms with van der Waals surface area (Å²) in [7, 11) is -3.67. The highest BCUT2D eigenvalue weighted by Crippen LogP contribution is 2.13. The Kier molecular flexibility index (Phi) is 4.45. The molecular weight excluding hydrogens is 274 g/mol. The average Bonchev–Trinajstić information content (AvgIpc) is 2.48. The number of rotatable bonds is 5. The molecule has 102 valence electrons. The van der Waals surface area contributed by atoms with Crippen LogP contribution < -0.4 is 4.72 Å². The first-order valence-corrected chi connectivity index (χ1v) is 7.50. The number of nitrogens with one attached hydrogen (secondary N) is 1. The fraction of sp³-hybridized carbons (Fsp3) is 0.143. The second-order valence-corrected chi connectivity index (χ2v) is 5.81. The Balaban J connectivity index is 2.07. The van der Waals surface area contributed by atoms with Gasteiger partial charge in [-0.1, -0.05) is 18.2 Å². The standard InChI is InChI=1S/C14H13N3O2S/c15-11-12-5-1-2-7-14(12)20(18,19)17-10-8-13-6-3-4-9-16-13/h1-7,9,17H,8,10H2. The fourth-order valence-corrected chi connectivity index (χ4v) is 2.92. The SMILES string of the molecule is N#Cc1ccccc1S(=O)(=O)NCCc1ccccn1. The van der Waals surface area contributed by atoms with Crippen LogP contribution in [0.2, 0.25) is 0 Å². The molecule has 0 bridgehead atoms. The van der Waals surface area contributed by atoms with Gasteiger partial charge in [0.2, 0.25) is 10.0 Å². The summed E-state index contributed by atoms with van der Waals surface area (Å²) in [5.41, 5.74) is 0.946. The van der Waals surface area contributed by atoms with E-state index in [9.17, 15) is 8.42 Å². The van der Waals surface area contributed by atoms with Crippen molar-refractivity contribution in [1.29, 1.82) is 5.26 Å².